The molecule has 2 aromatic heterocycles. The Morgan fingerprint density at radius 3 is 2.67 bits per heavy atom. The van der Waals surface area contributed by atoms with Gasteiger partial charge < -0.3 is 5.32 Å². The summed E-state index contributed by atoms with van der Waals surface area (Å²) in [5.74, 6) is -0.378. The Kier molecular flexibility index (Phi) is 5.57. The van der Waals surface area contributed by atoms with E-state index in [-0.39, 0.29) is 24.1 Å². The quantitative estimate of drug-likeness (QED) is 0.806. The van der Waals surface area contributed by atoms with E-state index >= 15 is 0 Å². The van der Waals surface area contributed by atoms with E-state index in [1.54, 1.807) is 11.6 Å². The van der Waals surface area contributed by atoms with Gasteiger partial charge in [0.1, 0.15) is 6.54 Å². The summed E-state index contributed by atoms with van der Waals surface area (Å²) >= 11 is 0. The molecule has 6 nitrogen and oxygen atoms in total. The Bertz CT molecular complexity index is 809. The number of halogens is 3. The Labute approximate surface area is 155 Å². The summed E-state index contributed by atoms with van der Waals surface area (Å²) in [7, 11) is 0. The molecule has 0 radical (unpaired) electrons. The molecule has 0 saturated carbocycles. The number of amides is 1. The van der Waals surface area contributed by atoms with Gasteiger partial charge in [0.05, 0.1) is 11.7 Å². The highest BCUT2D eigenvalue weighted by molar-refractivity contribution is 5.76. The average Bonchev–Trinajstić information content (AvgIpc) is 3.13. The molecular formula is C18H24F3N5O. The monoisotopic (exact) mass is 383 g/mol. The molecule has 1 N–H and O–H groups in total. The maximum absolute atomic E-state index is 13.3. The molecule has 3 rings (SSSR count). The predicted molar refractivity (Wildman–Crippen MR) is 92.9 cm³/mol. The van der Waals surface area contributed by atoms with Gasteiger partial charge in [-0.2, -0.15) is 23.4 Å². The molecule has 148 valence electrons. The van der Waals surface area contributed by atoms with E-state index in [4.69, 9.17) is 0 Å². The number of hydrogen-bond acceptors (Lipinski definition) is 3. The molecule has 1 aliphatic rings. The van der Waals surface area contributed by atoms with E-state index in [1.807, 2.05) is 19.2 Å². The summed E-state index contributed by atoms with van der Waals surface area (Å²) in [5.41, 5.74) is 0.655. The Morgan fingerprint density at radius 1 is 1.26 bits per heavy atom. The van der Waals surface area contributed by atoms with E-state index in [0.717, 1.165) is 19.4 Å². The zero-order valence-corrected chi connectivity index (χ0v) is 15.5. The van der Waals surface area contributed by atoms with Crippen LogP contribution in [0.3, 0.4) is 0 Å². The van der Waals surface area contributed by atoms with Crippen molar-refractivity contribution in [1.29, 1.82) is 0 Å². The average molecular weight is 383 g/mol. The molecule has 2 heterocycles. The van der Waals surface area contributed by atoms with Crippen molar-refractivity contribution in [3.8, 4) is 0 Å². The minimum atomic E-state index is -4.50. The normalized spacial score (nSPS) is 15.9. The second-order valence-electron chi connectivity index (χ2n) is 6.88. The van der Waals surface area contributed by atoms with Gasteiger partial charge in [-0.15, -0.1) is 0 Å². The molecule has 2 aromatic rings. The first-order valence-electron chi connectivity index (χ1n) is 9.28. The lowest BCUT2D eigenvalue weighted by Crippen LogP contribution is -2.31. The van der Waals surface area contributed by atoms with Gasteiger partial charge in [-0.05, 0) is 45.6 Å². The van der Waals surface area contributed by atoms with Crippen LogP contribution < -0.4 is 5.32 Å². The first-order chi connectivity index (χ1) is 12.8. The van der Waals surface area contributed by atoms with Crippen molar-refractivity contribution in [2.45, 2.75) is 71.3 Å². The molecule has 0 aromatic carbocycles. The summed E-state index contributed by atoms with van der Waals surface area (Å²) in [6.07, 6.45) is 0.596. The molecule has 1 unspecified atom stereocenters. The van der Waals surface area contributed by atoms with Crippen LogP contribution in [0.4, 0.5) is 13.2 Å². The number of rotatable bonds is 5. The highest BCUT2D eigenvalue weighted by Crippen LogP contribution is 2.35. The molecule has 0 bridgehead atoms. The molecule has 0 fully saturated rings. The minimum absolute atomic E-state index is 0.225. The van der Waals surface area contributed by atoms with Crippen LogP contribution in [0.1, 0.15) is 61.8 Å². The number of carbonyl (C=O) groups excluding carboxylic acids is 1. The lowest BCUT2D eigenvalue weighted by Gasteiger charge is -2.13. The lowest BCUT2D eigenvalue weighted by molar-refractivity contribution is -0.142. The zero-order chi connectivity index (χ0) is 19.6. The first kappa shape index (κ1) is 19.4. The van der Waals surface area contributed by atoms with Gasteiger partial charge in [-0.1, -0.05) is 6.42 Å². The number of nitrogens with one attached hydrogen (secondary N) is 1. The molecule has 1 aliphatic carbocycles. The van der Waals surface area contributed by atoms with Crippen molar-refractivity contribution in [1.82, 2.24) is 24.9 Å². The largest absolute Gasteiger partial charge is 0.435 e. The maximum Gasteiger partial charge on any atom is 0.435 e. The van der Waals surface area contributed by atoms with Crippen molar-refractivity contribution in [3.63, 3.8) is 0 Å². The zero-order valence-electron chi connectivity index (χ0n) is 15.5. The Morgan fingerprint density at radius 2 is 2.00 bits per heavy atom. The Hall–Kier alpha value is -2.32. The molecule has 27 heavy (non-hydrogen) atoms. The number of carbonyl (C=O) groups is 1. The van der Waals surface area contributed by atoms with E-state index < -0.39 is 11.9 Å². The summed E-state index contributed by atoms with van der Waals surface area (Å²) < 4.78 is 43.0. The second-order valence-corrected chi connectivity index (χ2v) is 6.88. The van der Waals surface area contributed by atoms with Crippen LogP contribution in [0.25, 0.3) is 0 Å². The number of hydrogen-bond donors (Lipinski definition) is 1. The van der Waals surface area contributed by atoms with E-state index in [2.05, 4.69) is 15.5 Å². The van der Waals surface area contributed by atoms with Gasteiger partial charge >= 0.3 is 6.18 Å². The second kappa shape index (κ2) is 7.74. The molecule has 1 atom stereocenters. The number of fused-ring (bicyclic) bond motifs is 1. The molecular weight excluding hydrogens is 359 g/mol. The minimum Gasteiger partial charge on any atom is -0.346 e. The fourth-order valence-electron chi connectivity index (χ4n) is 3.49. The van der Waals surface area contributed by atoms with Gasteiger partial charge in [0, 0.05) is 24.0 Å². The SMILES string of the molecule is CCn1ccc(C(C)NC(=O)Cn2nc(C(F)(F)F)c3c2CCCCC3)n1. The number of aromatic nitrogens is 4. The predicted octanol–water partition coefficient (Wildman–Crippen LogP) is 3.26. The highest BCUT2D eigenvalue weighted by atomic mass is 19.4. The smallest absolute Gasteiger partial charge is 0.346 e. The molecule has 0 saturated heterocycles. The summed E-state index contributed by atoms with van der Waals surface area (Å²) in [4.78, 5) is 12.4. The van der Waals surface area contributed by atoms with Crippen molar-refractivity contribution in [2.75, 3.05) is 0 Å². The third-order valence-electron chi connectivity index (χ3n) is 4.88. The van der Waals surface area contributed by atoms with Gasteiger partial charge in [-0.3, -0.25) is 14.2 Å². The maximum atomic E-state index is 13.3. The fraction of sp³-hybridized carbons (Fsp3) is 0.611. The number of aryl methyl sites for hydroxylation is 1. The third-order valence-corrected chi connectivity index (χ3v) is 4.88. The standard InChI is InChI=1S/C18H24F3N5O/c1-3-25-10-9-14(23-25)12(2)22-16(27)11-26-15-8-6-4-5-7-13(15)17(24-26)18(19,20)21/h9-10,12H,3-8,11H2,1-2H3,(H,22,27). The van der Waals surface area contributed by atoms with Crippen LogP contribution in [0.2, 0.25) is 0 Å². The van der Waals surface area contributed by atoms with Crippen LogP contribution in [0.15, 0.2) is 12.3 Å². The first-order valence-corrected chi connectivity index (χ1v) is 9.28. The lowest BCUT2D eigenvalue weighted by atomic mass is 10.1. The van der Waals surface area contributed by atoms with Gasteiger partial charge in [-0.25, -0.2) is 0 Å². The summed E-state index contributed by atoms with van der Waals surface area (Å²) in [5, 5.41) is 10.9. The van der Waals surface area contributed by atoms with Gasteiger partial charge in [0.2, 0.25) is 5.91 Å². The van der Waals surface area contributed by atoms with Crippen LogP contribution in [0, 0.1) is 0 Å². The summed E-state index contributed by atoms with van der Waals surface area (Å²) in [6.45, 7) is 4.25. The van der Waals surface area contributed by atoms with Gasteiger partial charge in [0.25, 0.3) is 0 Å². The fourth-order valence-corrected chi connectivity index (χ4v) is 3.49. The highest BCUT2D eigenvalue weighted by Gasteiger charge is 2.39. The van der Waals surface area contributed by atoms with Crippen LogP contribution >= 0.6 is 0 Å². The molecule has 0 spiro atoms. The third kappa shape index (κ3) is 4.33. The van der Waals surface area contributed by atoms with Crippen LogP contribution in [-0.2, 0) is 36.9 Å². The van der Waals surface area contributed by atoms with Crippen molar-refractivity contribution in [2.24, 2.45) is 0 Å². The van der Waals surface area contributed by atoms with Crippen molar-refractivity contribution < 1.29 is 18.0 Å². The number of nitrogens with zero attached hydrogens (tertiary/aromatic N) is 4. The molecule has 0 aliphatic heterocycles. The van der Waals surface area contributed by atoms with Gasteiger partial charge in [0.15, 0.2) is 5.69 Å². The topological polar surface area (TPSA) is 64.7 Å². The van der Waals surface area contributed by atoms with Crippen molar-refractivity contribution >= 4 is 5.91 Å². The van der Waals surface area contributed by atoms with E-state index in [1.165, 1.54) is 4.68 Å². The molecule has 9 heteroatoms. The van der Waals surface area contributed by atoms with E-state index in [9.17, 15) is 18.0 Å². The van der Waals surface area contributed by atoms with Crippen LogP contribution in [-0.4, -0.2) is 25.5 Å². The van der Waals surface area contributed by atoms with Crippen LogP contribution in [0.5, 0.6) is 0 Å². The number of alkyl halides is 3. The van der Waals surface area contributed by atoms with E-state index in [0.29, 0.717) is 30.7 Å². The Balaban J connectivity index is 1.76. The summed E-state index contributed by atoms with van der Waals surface area (Å²) in [6, 6.07) is 1.48. The van der Waals surface area contributed by atoms with Crippen molar-refractivity contribution in [3.05, 3.63) is 34.9 Å². The molecule has 1 amide bonds.